The molecule has 0 saturated heterocycles. The molecule has 3 aromatic rings. The lowest BCUT2D eigenvalue weighted by Gasteiger charge is -2.15. The quantitative estimate of drug-likeness (QED) is 0.777. The molecule has 0 fully saturated rings. The van der Waals surface area contributed by atoms with Crippen molar-refractivity contribution in [1.29, 1.82) is 0 Å². The van der Waals surface area contributed by atoms with Gasteiger partial charge in [0.15, 0.2) is 0 Å². The first kappa shape index (κ1) is 14.7. The Balaban J connectivity index is 1.80. The average molecular weight is 311 g/mol. The Morgan fingerprint density at radius 2 is 2.05 bits per heavy atom. The summed E-state index contributed by atoms with van der Waals surface area (Å²) in [7, 11) is 0. The van der Waals surface area contributed by atoms with Crippen LogP contribution in [0.5, 0.6) is 0 Å². The number of hydrogen-bond donors (Lipinski definition) is 2. The number of nitrogens with two attached hydrogens (primary N) is 1. The average Bonchev–Trinajstić information content (AvgIpc) is 2.97. The lowest BCUT2D eigenvalue weighted by molar-refractivity contribution is -0.117. The number of benzene rings is 2. The van der Waals surface area contributed by atoms with E-state index in [-0.39, 0.29) is 18.4 Å². The van der Waals surface area contributed by atoms with Crippen LogP contribution in [0.4, 0.5) is 5.69 Å². The molecule has 0 aliphatic carbocycles. The number of hydrogen-bond acceptors (Lipinski definition) is 4. The van der Waals surface area contributed by atoms with Gasteiger partial charge in [0.25, 0.3) is 0 Å². The number of nitrogens with zero attached hydrogens (tertiary/aromatic N) is 1. The Kier molecular flexibility index (Phi) is 4.18. The molecule has 0 saturated carbocycles. The highest BCUT2D eigenvalue weighted by atomic mass is 32.1. The molecule has 0 radical (unpaired) electrons. The highest BCUT2D eigenvalue weighted by Crippen LogP contribution is 2.23. The molecular weight excluding hydrogens is 294 g/mol. The van der Waals surface area contributed by atoms with E-state index in [0.29, 0.717) is 0 Å². The van der Waals surface area contributed by atoms with Crippen molar-refractivity contribution in [3.05, 3.63) is 59.1 Å². The molecule has 1 aromatic heterocycles. The summed E-state index contributed by atoms with van der Waals surface area (Å²) in [6, 6.07) is 13.6. The van der Waals surface area contributed by atoms with Crippen molar-refractivity contribution in [2.45, 2.75) is 12.8 Å². The largest absolute Gasteiger partial charge is 0.329 e. The normalized spacial score (nSPS) is 12.3. The van der Waals surface area contributed by atoms with Crippen molar-refractivity contribution in [3.8, 4) is 0 Å². The van der Waals surface area contributed by atoms with E-state index in [4.69, 9.17) is 5.73 Å². The number of amides is 1. The van der Waals surface area contributed by atoms with Crippen molar-refractivity contribution in [2.75, 3.05) is 11.9 Å². The molecule has 22 heavy (non-hydrogen) atoms. The fourth-order valence-electron chi connectivity index (χ4n) is 2.36. The van der Waals surface area contributed by atoms with Gasteiger partial charge in [-0.3, -0.25) is 4.79 Å². The van der Waals surface area contributed by atoms with Crippen LogP contribution < -0.4 is 11.1 Å². The third-order valence-electron chi connectivity index (χ3n) is 3.63. The van der Waals surface area contributed by atoms with Crippen LogP contribution in [-0.4, -0.2) is 17.4 Å². The minimum Gasteiger partial charge on any atom is -0.329 e. The Morgan fingerprint density at radius 1 is 1.27 bits per heavy atom. The van der Waals surface area contributed by atoms with Crippen LogP contribution in [0.25, 0.3) is 10.2 Å². The monoisotopic (exact) mass is 311 g/mol. The molecule has 0 bridgehead atoms. The Bertz CT molecular complexity index is 795. The van der Waals surface area contributed by atoms with Gasteiger partial charge in [0.05, 0.1) is 21.6 Å². The van der Waals surface area contributed by atoms with E-state index >= 15 is 0 Å². The standard InChI is InChI=1S/C17H17N3OS/c1-11-2-4-12(5-3-11)14(9-18)17(21)20-13-6-7-15-16(8-13)22-10-19-15/h2-8,10,14H,9,18H2,1H3,(H,20,21). The van der Waals surface area contributed by atoms with E-state index in [2.05, 4.69) is 10.3 Å². The zero-order chi connectivity index (χ0) is 15.5. The minimum atomic E-state index is -0.349. The highest BCUT2D eigenvalue weighted by Gasteiger charge is 2.19. The van der Waals surface area contributed by atoms with Crippen molar-refractivity contribution >= 4 is 33.1 Å². The molecule has 0 aliphatic rings. The van der Waals surface area contributed by atoms with Gasteiger partial charge >= 0.3 is 0 Å². The molecule has 1 heterocycles. The summed E-state index contributed by atoms with van der Waals surface area (Å²) in [5, 5.41) is 2.95. The zero-order valence-electron chi connectivity index (χ0n) is 12.2. The number of nitrogens with one attached hydrogen (secondary N) is 1. The van der Waals surface area contributed by atoms with Crippen molar-refractivity contribution in [1.82, 2.24) is 4.98 Å². The summed E-state index contributed by atoms with van der Waals surface area (Å²) < 4.78 is 1.05. The second-order valence-corrected chi connectivity index (χ2v) is 6.11. The van der Waals surface area contributed by atoms with Crippen LogP contribution in [-0.2, 0) is 4.79 Å². The molecule has 0 spiro atoms. The van der Waals surface area contributed by atoms with Crippen LogP contribution in [0, 0.1) is 6.92 Å². The van der Waals surface area contributed by atoms with E-state index in [0.717, 1.165) is 27.0 Å². The first-order chi connectivity index (χ1) is 10.7. The third-order valence-corrected chi connectivity index (χ3v) is 4.42. The Morgan fingerprint density at radius 3 is 2.77 bits per heavy atom. The molecule has 5 heteroatoms. The minimum absolute atomic E-state index is 0.0878. The lowest BCUT2D eigenvalue weighted by Crippen LogP contribution is -2.27. The zero-order valence-corrected chi connectivity index (χ0v) is 13.1. The molecule has 3 rings (SSSR count). The highest BCUT2D eigenvalue weighted by molar-refractivity contribution is 7.16. The number of aromatic nitrogens is 1. The summed E-state index contributed by atoms with van der Waals surface area (Å²) >= 11 is 1.55. The van der Waals surface area contributed by atoms with E-state index in [9.17, 15) is 4.79 Å². The summed E-state index contributed by atoms with van der Waals surface area (Å²) in [5.41, 5.74) is 11.4. The SMILES string of the molecule is Cc1ccc(C(CN)C(=O)Nc2ccc3ncsc3c2)cc1. The second kappa shape index (κ2) is 6.25. The summed E-state index contributed by atoms with van der Waals surface area (Å²) in [4.78, 5) is 16.7. The molecule has 3 N–H and O–H groups in total. The fraction of sp³-hybridized carbons (Fsp3) is 0.176. The number of thiazole rings is 1. The Labute approximate surface area is 133 Å². The second-order valence-electron chi connectivity index (χ2n) is 5.22. The van der Waals surface area contributed by atoms with Gasteiger partial charge in [0.1, 0.15) is 0 Å². The fourth-order valence-corrected chi connectivity index (χ4v) is 3.07. The molecular formula is C17H17N3OS. The molecule has 1 unspecified atom stereocenters. The number of carbonyl (C=O) groups is 1. The number of fused-ring (bicyclic) bond motifs is 1. The van der Waals surface area contributed by atoms with E-state index in [1.807, 2.05) is 49.4 Å². The first-order valence-corrected chi connectivity index (χ1v) is 7.96. The molecule has 1 atom stereocenters. The van der Waals surface area contributed by atoms with Gasteiger partial charge in [0, 0.05) is 12.2 Å². The van der Waals surface area contributed by atoms with Gasteiger partial charge in [0.2, 0.25) is 5.91 Å². The molecule has 1 amide bonds. The number of anilines is 1. The summed E-state index contributed by atoms with van der Waals surface area (Å²) in [6.45, 7) is 2.29. The van der Waals surface area contributed by atoms with Crippen LogP contribution in [0.2, 0.25) is 0 Å². The smallest absolute Gasteiger partial charge is 0.233 e. The van der Waals surface area contributed by atoms with Crippen LogP contribution in [0.3, 0.4) is 0 Å². The van der Waals surface area contributed by atoms with Gasteiger partial charge in [-0.2, -0.15) is 0 Å². The van der Waals surface area contributed by atoms with Crippen LogP contribution >= 0.6 is 11.3 Å². The van der Waals surface area contributed by atoms with E-state index in [1.54, 1.807) is 16.8 Å². The van der Waals surface area contributed by atoms with Gasteiger partial charge in [-0.15, -0.1) is 11.3 Å². The van der Waals surface area contributed by atoms with Crippen molar-refractivity contribution < 1.29 is 4.79 Å². The molecule has 2 aromatic carbocycles. The third kappa shape index (κ3) is 3.00. The van der Waals surface area contributed by atoms with Gasteiger partial charge < -0.3 is 11.1 Å². The van der Waals surface area contributed by atoms with Gasteiger partial charge in [-0.25, -0.2) is 4.98 Å². The maximum Gasteiger partial charge on any atom is 0.233 e. The van der Waals surface area contributed by atoms with Gasteiger partial charge in [-0.05, 0) is 30.7 Å². The summed E-state index contributed by atoms with van der Waals surface area (Å²) in [5.74, 6) is -0.437. The van der Waals surface area contributed by atoms with E-state index < -0.39 is 0 Å². The molecule has 112 valence electrons. The van der Waals surface area contributed by atoms with Crippen LogP contribution in [0.1, 0.15) is 17.0 Å². The van der Waals surface area contributed by atoms with Gasteiger partial charge in [-0.1, -0.05) is 29.8 Å². The maximum absolute atomic E-state index is 12.5. The van der Waals surface area contributed by atoms with Crippen molar-refractivity contribution in [2.24, 2.45) is 5.73 Å². The first-order valence-electron chi connectivity index (χ1n) is 7.08. The molecule has 4 nitrogen and oxygen atoms in total. The predicted molar refractivity (Wildman–Crippen MR) is 91.2 cm³/mol. The van der Waals surface area contributed by atoms with Crippen molar-refractivity contribution in [3.63, 3.8) is 0 Å². The maximum atomic E-state index is 12.5. The van der Waals surface area contributed by atoms with E-state index in [1.165, 1.54) is 0 Å². The lowest BCUT2D eigenvalue weighted by atomic mass is 9.97. The number of rotatable bonds is 4. The summed E-state index contributed by atoms with van der Waals surface area (Å²) in [6.07, 6.45) is 0. The van der Waals surface area contributed by atoms with Crippen LogP contribution in [0.15, 0.2) is 48.0 Å². The number of aryl methyl sites for hydroxylation is 1. The Hall–Kier alpha value is -2.24. The topological polar surface area (TPSA) is 68.0 Å². The predicted octanol–water partition coefficient (Wildman–Crippen LogP) is 3.29. The molecule has 0 aliphatic heterocycles. The number of carbonyl (C=O) groups excluding carboxylic acids is 1.